The summed E-state index contributed by atoms with van der Waals surface area (Å²) < 4.78 is 27.5. The number of rotatable bonds is 5. The molecule has 0 spiro atoms. The van der Waals surface area contributed by atoms with Gasteiger partial charge in [-0.25, -0.2) is 8.78 Å². The Hall–Kier alpha value is -1.04. The fraction of sp³-hybridized carbons (Fsp3) is 0.667. The first kappa shape index (κ1) is 16.8. The Morgan fingerprint density at radius 1 is 1.09 bits per heavy atom. The van der Waals surface area contributed by atoms with Gasteiger partial charge < -0.3 is 10.0 Å². The van der Waals surface area contributed by atoms with Crippen molar-refractivity contribution >= 4 is 0 Å². The Kier molecular flexibility index (Phi) is 5.62. The van der Waals surface area contributed by atoms with Crippen molar-refractivity contribution in [3.05, 3.63) is 35.4 Å². The molecule has 0 aromatic heterocycles. The van der Waals surface area contributed by atoms with Gasteiger partial charge in [0.2, 0.25) is 0 Å². The molecule has 1 aromatic carbocycles. The number of aliphatic hydroxyl groups excluding tert-OH is 1. The minimum atomic E-state index is -0.461. The summed E-state index contributed by atoms with van der Waals surface area (Å²) in [6, 6.07) is 3.38. The van der Waals surface area contributed by atoms with Crippen LogP contribution in [0, 0.1) is 11.6 Å². The van der Waals surface area contributed by atoms with Gasteiger partial charge in [0.05, 0.1) is 6.10 Å². The van der Waals surface area contributed by atoms with E-state index < -0.39 is 11.9 Å². The normalized spacial score (nSPS) is 26.7. The van der Waals surface area contributed by atoms with Crippen LogP contribution >= 0.6 is 0 Å². The predicted molar refractivity (Wildman–Crippen MR) is 86.2 cm³/mol. The molecule has 0 radical (unpaired) electrons. The van der Waals surface area contributed by atoms with E-state index in [-0.39, 0.29) is 11.9 Å². The number of β-amino-alcohol motifs (C(OH)–C–C–N with tert-alkyl or cyclic N) is 1. The standard InChI is InChI=1S/C18H26F2N2O/c19-14-5-6-17(20)16(11-14)18-12-15(23)13-22(18)10-4-9-21-7-2-1-3-8-21/h5-6,11,15,18,23H,1-4,7-10,12-13H2/t15-,18+/m0/s1. The van der Waals surface area contributed by atoms with Crippen molar-refractivity contribution in [2.24, 2.45) is 0 Å². The van der Waals surface area contributed by atoms with Crippen LogP contribution in [0.25, 0.3) is 0 Å². The molecule has 5 heteroatoms. The quantitative estimate of drug-likeness (QED) is 0.902. The summed E-state index contributed by atoms with van der Waals surface area (Å²) in [6.07, 6.45) is 4.90. The van der Waals surface area contributed by atoms with E-state index in [0.717, 1.165) is 25.6 Å². The lowest BCUT2D eigenvalue weighted by atomic mass is 10.0. The van der Waals surface area contributed by atoms with Gasteiger partial charge in [0.25, 0.3) is 0 Å². The molecule has 0 aliphatic carbocycles. The summed E-state index contributed by atoms with van der Waals surface area (Å²) in [5.41, 5.74) is 0.375. The van der Waals surface area contributed by atoms with E-state index in [2.05, 4.69) is 9.80 Å². The molecule has 1 aromatic rings. The molecule has 2 atom stereocenters. The third-order valence-corrected chi connectivity index (χ3v) is 5.07. The second-order valence-corrected chi connectivity index (χ2v) is 6.82. The van der Waals surface area contributed by atoms with Crippen LogP contribution in [0.5, 0.6) is 0 Å². The lowest BCUT2D eigenvalue weighted by Gasteiger charge is -2.29. The number of hydrogen-bond acceptors (Lipinski definition) is 3. The van der Waals surface area contributed by atoms with Gasteiger partial charge >= 0.3 is 0 Å². The number of halogens is 2. The number of nitrogens with zero attached hydrogens (tertiary/aromatic N) is 2. The second-order valence-electron chi connectivity index (χ2n) is 6.82. The highest BCUT2D eigenvalue weighted by molar-refractivity contribution is 5.23. The maximum Gasteiger partial charge on any atom is 0.128 e. The topological polar surface area (TPSA) is 26.7 Å². The lowest BCUT2D eigenvalue weighted by Crippen LogP contribution is -2.33. The molecule has 0 amide bonds. The highest BCUT2D eigenvalue weighted by Crippen LogP contribution is 2.34. The van der Waals surface area contributed by atoms with E-state index >= 15 is 0 Å². The maximum absolute atomic E-state index is 14.1. The van der Waals surface area contributed by atoms with Gasteiger partial charge in [-0.05, 0) is 63.5 Å². The average molecular weight is 324 g/mol. The molecule has 3 nitrogen and oxygen atoms in total. The molecule has 1 N–H and O–H groups in total. The molecule has 2 aliphatic heterocycles. The summed E-state index contributed by atoms with van der Waals surface area (Å²) in [5.74, 6) is -0.803. The van der Waals surface area contributed by atoms with Crippen LogP contribution in [-0.2, 0) is 0 Å². The van der Waals surface area contributed by atoms with Crippen LogP contribution < -0.4 is 0 Å². The highest BCUT2D eigenvalue weighted by atomic mass is 19.1. The van der Waals surface area contributed by atoms with Crippen molar-refractivity contribution < 1.29 is 13.9 Å². The lowest BCUT2D eigenvalue weighted by molar-refractivity contribution is 0.166. The molecular formula is C18H26F2N2O. The molecule has 0 unspecified atom stereocenters. The molecule has 128 valence electrons. The average Bonchev–Trinajstić information content (AvgIpc) is 2.91. The fourth-order valence-electron chi connectivity index (χ4n) is 3.90. The fourth-order valence-corrected chi connectivity index (χ4v) is 3.90. The Morgan fingerprint density at radius 2 is 1.87 bits per heavy atom. The first-order valence-corrected chi connectivity index (χ1v) is 8.73. The Labute approximate surface area is 136 Å². The second kappa shape index (κ2) is 7.69. The zero-order chi connectivity index (χ0) is 16.2. The van der Waals surface area contributed by atoms with Gasteiger partial charge in [-0.15, -0.1) is 0 Å². The van der Waals surface area contributed by atoms with Crippen molar-refractivity contribution in [3.63, 3.8) is 0 Å². The van der Waals surface area contributed by atoms with Crippen LogP contribution in [0.2, 0.25) is 0 Å². The van der Waals surface area contributed by atoms with Gasteiger partial charge in [0, 0.05) is 24.7 Å². The van der Waals surface area contributed by atoms with Crippen molar-refractivity contribution in [1.82, 2.24) is 9.80 Å². The van der Waals surface area contributed by atoms with Crippen molar-refractivity contribution in [2.45, 2.75) is 44.2 Å². The zero-order valence-electron chi connectivity index (χ0n) is 13.6. The van der Waals surface area contributed by atoms with Crippen molar-refractivity contribution in [3.8, 4) is 0 Å². The number of aliphatic hydroxyl groups is 1. The van der Waals surface area contributed by atoms with E-state index in [4.69, 9.17) is 0 Å². The molecule has 2 aliphatic rings. The molecule has 2 saturated heterocycles. The number of benzene rings is 1. The molecular weight excluding hydrogens is 298 g/mol. The zero-order valence-corrected chi connectivity index (χ0v) is 13.6. The van der Waals surface area contributed by atoms with Gasteiger partial charge in [-0.3, -0.25) is 4.90 Å². The van der Waals surface area contributed by atoms with Crippen LogP contribution in [0.1, 0.15) is 43.7 Å². The van der Waals surface area contributed by atoms with Crippen LogP contribution in [0.4, 0.5) is 8.78 Å². The largest absolute Gasteiger partial charge is 0.392 e. The first-order valence-electron chi connectivity index (χ1n) is 8.73. The summed E-state index contributed by atoms with van der Waals surface area (Å²) in [6.45, 7) is 4.74. The minimum absolute atomic E-state index is 0.220. The van der Waals surface area contributed by atoms with Gasteiger partial charge in [0.15, 0.2) is 0 Å². The Morgan fingerprint density at radius 3 is 2.65 bits per heavy atom. The molecule has 0 bridgehead atoms. The van der Waals surface area contributed by atoms with Crippen molar-refractivity contribution in [1.29, 1.82) is 0 Å². The van der Waals surface area contributed by atoms with E-state index in [1.807, 2.05) is 0 Å². The SMILES string of the molecule is O[C@H]1C[C@H](c2cc(F)ccc2F)N(CCCN2CCCCC2)C1. The monoisotopic (exact) mass is 324 g/mol. The predicted octanol–water partition coefficient (Wildman–Crippen LogP) is 2.95. The summed E-state index contributed by atoms with van der Waals surface area (Å²) in [7, 11) is 0. The summed E-state index contributed by atoms with van der Waals surface area (Å²) in [4.78, 5) is 4.58. The molecule has 23 heavy (non-hydrogen) atoms. The highest BCUT2D eigenvalue weighted by Gasteiger charge is 2.33. The summed E-state index contributed by atoms with van der Waals surface area (Å²) >= 11 is 0. The molecule has 2 heterocycles. The van der Waals surface area contributed by atoms with Gasteiger partial charge in [0.1, 0.15) is 11.6 Å². The third kappa shape index (κ3) is 4.28. The Bertz CT molecular complexity index is 520. The van der Waals surface area contributed by atoms with Gasteiger partial charge in [-0.1, -0.05) is 6.42 Å². The van der Waals surface area contributed by atoms with E-state index in [1.54, 1.807) is 0 Å². The molecule has 3 rings (SSSR count). The van der Waals surface area contributed by atoms with Gasteiger partial charge in [-0.2, -0.15) is 0 Å². The van der Waals surface area contributed by atoms with Crippen LogP contribution in [0.15, 0.2) is 18.2 Å². The minimum Gasteiger partial charge on any atom is -0.392 e. The summed E-state index contributed by atoms with van der Waals surface area (Å²) in [5, 5.41) is 9.97. The first-order chi connectivity index (χ1) is 11.1. The number of hydrogen-bond donors (Lipinski definition) is 1. The van der Waals surface area contributed by atoms with E-state index in [1.165, 1.54) is 44.5 Å². The van der Waals surface area contributed by atoms with E-state index in [9.17, 15) is 13.9 Å². The molecule has 0 saturated carbocycles. The van der Waals surface area contributed by atoms with Crippen molar-refractivity contribution in [2.75, 3.05) is 32.7 Å². The number of likely N-dealkylation sites (tertiary alicyclic amines) is 2. The number of piperidine rings is 1. The smallest absolute Gasteiger partial charge is 0.128 e. The van der Waals surface area contributed by atoms with Crippen LogP contribution in [-0.4, -0.2) is 53.7 Å². The third-order valence-electron chi connectivity index (χ3n) is 5.07. The van der Waals surface area contributed by atoms with Crippen LogP contribution in [0.3, 0.4) is 0 Å². The Balaban J connectivity index is 1.59. The maximum atomic E-state index is 14.1. The van der Waals surface area contributed by atoms with E-state index in [0.29, 0.717) is 18.5 Å². The molecule has 2 fully saturated rings.